The summed E-state index contributed by atoms with van der Waals surface area (Å²) in [5.41, 5.74) is -0.0627. The fourth-order valence-corrected chi connectivity index (χ4v) is 1.90. The Kier molecular flexibility index (Phi) is 3.09. The Bertz CT molecular complexity index is 147. The predicted octanol–water partition coefficient (Wildman–Crippen LogP) is 0.478. The van der Waals surface area contributed by atoms with Crippen molar-refractivity contribution < 1.29 is 9.84 Å². The average molecular weight is 173 g/mol. The third-order valence-electron chi connectivity index (χ3n) is 2.06. The Morgan fingerprint density at radius 3 is 2.75 bits per heavy atom. The molecule has 0 aromatic heterocycles. The summed E-state index contributed by atoms with van der Waals surface area (Å²) in [5, 5.41) is 8.79. The van der Waals surface area contributed by atoms with E-state index >= 15 is 0 Å². The number of hydrogen-bond donors (Lipinski definition) is 1. The number of hydrogen-bond acceptors (Lipinski definition) is 3. The van der Waals surface area contributed by atoms with E-state index in [9.17, 15) is 0 Å². The molecule has 1 unspecified atom stereocenters. The van der Waals surface area contributed by atoms with Crippen LogP contribution < -0.4 is 0 Å². The molecular weight excluding hydrogens is 154 g/mol. The van der Waals surface area contributed by atoms with Crippen LogP contribution >= 0.6 is 0 Å². The molecule has 72 valence electrons. The molecular formula is C9H19NO2. The van der Waals surface area contributed by atoms with Gasteiger partial charge in [0.2, 0.25) is 0 Å². The van der Waals surface area contributed by atoms with Crippen molar-refractivity contribution in [3.8, 4) is 0 Å². The molecule has 0 aliphatic carbocycles. The van der Waals surface area contributed by atoms with Gasteiger partial charge in [0, 0.05) is 19.6 Å². The predicted molar refractivity (Wildman–Crippen MR) is 48.2 cm³/mol. The van der Waals surface area contributed by atoms with E-state index in [-0.39, 0.29) is 18.3 Å². The van der Waals surface area contributed by atoms with Gasteiger partial charge in [-0.3, -0.25) is 4.90 Å². The van der Waals surface area contributed by atoms with Gasteiger partial charge in [0.05, 0.1) is 18.3 Å². The van der Waals surface area contributed by atoms with E-state index in [2.05, 4.69) is 25.7 Å². The van der Waals surface area contributed by atoms with Gasteiger partial charge in [-0.25, -0.2) is 0 Å². The fourth-order valence-electron chi connectivity index (χ4n) is 1.90. The first-order valence-electron chi connectivity index (χ1n) is 4.54. The minimum atomic E-state index is -0.0627. The van der Waals surface area contributed by atoms with Crippen molar-refractivity contribution in [1.29, 1.82) is 0 Å². The summed E-state index contributed by atoms with van der Waals surface area (Å²) in [6.45, 7) is 9.10. The van der Waals surface area contributed by atoms with Gasteiger partial charge in [0.25, 0.3) is 0 Å². The summed E-state index contributed by atoms with van der Waals surface area (Å²) >= 11 is 0. The van der Waals surface area contributed by atoms with Crippen LogP contribution in [0.25, 0.3) is 0 Å². The van der Waals surface area contributed by atoms with Crippen LogP contribution in [0.2, 0.25) is 0 Å². The van der Waals surface area contributed by atoms with E-state index in [1.165, 1.54) is 0 Å². The molecule has 0 amide bonds. The average Bonchev–Trinajstić information content (AvgIpc) is 1.82. The molecule has 0 spiro atoms. The summed E-state index contributed by atoms with van der Waals surface area (Å²) in [7, 11) is 0. The quantitative estimate of drug-likeness (QED) is 0.659. The van der Waals surface area contributed by atoms with Gasteiger partial charge in [-0.2, -0.15) is 0 Å². The zero-order valence-corrected chi connectivity index (χ0v) is 8.21. The molecule has 1 aliphatic rings. The first kappa shape index (κ1) is 9.96. The highest BCUT2D eigenvalue weighted by Crippen LogP contribution is 2.19. The lowest BCUT2D eigenvalue weighted by Gasteiger charge is -2.41. The Balaban J connectivity index is 2.46. The van der Waals surface area contributed by atoms with Crippen molar-refractivity contribution in [2.45, 2.75) is 32.5 Å². The second kappa shape index (κ2) is 3.73. The fraction of sp³-hybridized carbons (Fsp3) is 1.00. The molecule has 0 aromatic carbocycles. The number of nitrogens with zero attached hydrogens (tertiary/aromatic N) is 1. The van der Waals surface area contributed by atoms with Gasteiger partial charge in [0.15, 0.2) is 0 Å². The maximum Gasteiger partial charge on any atom is 0.0757 e. The molecule has 1 saturated heterocycles. The van der Waals surface area contributed by atoms with Crippen molar-refractivity contribution in [3.63, 3.8) is 0 Å². The van der Waals surface area contributed by atoms with Gasteiger partial charge in [-0.1, -0.05) is 0 Å². The standard InChI is InChI=1S/C9H19NO2/c1-8-6-10(4-5-11)7-9(2,3)12-8/h8,11H,4-7H2,1-3H3. The molecule has 1 heterocycles. The van der Waals surface area contributed by atoms with Crippen molar-refractivity contribution >= 4 is 0 Å². The highest BCUT2D eigenvalue weighted by Gasteiger charge is 2.30. The Labute approximate surface area is 74.3 Å². The maximum atomic E-state index is 8.79. The van der Waals surface area contributed by atoms with E-state index in [1.54, 1.807) is 0 Å². The van der Waals surface area contributed by atoms with Crippen LogP contribution in [-0.4, -0.2) is 48.0 Å². The SMILES string of the molecule is CC1CN(CCO)CC(C)(C)O1. The number of aliphatic hydroxyl groups is 1. The van der Waals surface area contributed by atoms with Crippen molar-refractivity contribution in [3.05, 3.63) is 0 Å². The molecule has 1 rings (SSSR count). The van der Waals surface area contributed by atoms with Crippen LogP contribution in [0.4, 0.5) is 0 Å². The van der Waals surface area contributed by atoms with Crippen molar-refractivity contribution in [2.75, 3.05) is 26.2 Å². The lowest BCUT2D eigenvalue weighted by molar-refractivity contribution is -0.130. The van der Waals surface area contributed by atoms with E-state index in [0.29, 0.717) is 0 Å². The molecule has 1 N–H and O–H groups in total. The topological polar surface area (TPSA) is 32.7 Å². The minimum absolute atomic E-state index is 0.0627. The number of rotatable bonds is 2. The van der Waals surface area contributed by atoms with Gasteiger partial charge < -0.3 is 9.84 Å². The second-order valence-electron chi connectivity index (χ2n) is 4.15. The third-order valence-corrected chi connectivity index (χ3v) is 2.06. The van der Waals surface area contributed by atoms with Gasteiger partial charge >= 0.3 is 0 Å². The largest absolute Gasteiger partial charge is 0.395 e. The highest BCUT2D eigenvalue weighted by molar-refractivity contribution is 4.82. The molecule has 0 saturated carbocycles. The summed E-state index contributed by atoms with van der Waals surface area (Å²) in [5.74, 6) is 0. The Hall–Kier alpha value is -0.120. The van der Waals surface area contributed by atoms with E-state index in [1.807, 2.05) is 0 Å². The molecule has 0 radical (unpaired) electrons. The normalized spacial score (nSPS) is 30.5. The number of β-amino-alcohol motifs (C(OH)–C–C–N with tert-alkyl or cyclic N) is 1. The molecule has 3 nitrogen and oxygen atoms in total. The van der Waals surface area contributed by atoms with Crippen LogP contribution in [0.1, 0.15) is 20.8 Å². The number of morpholine rings is 1. The number of ether oxygens (including phenoxy) is 1. The molecule has 0 aromatic rings. The third kappa shape index (κ3) is 2.73. The summed E-state index contributed by atoms with van der Waals surface area (Å²) in [6.07, 6.45) is 0.278. The first-order valence-corrected chi connectivity index (χ1v) is 4.54. The van der Waals surface area contributed by atoms with E-state index < -0.39 is 0 Å². The molecule has 1 aliphatic heterocycles. The smallest absolute Gasteiger partial charge is 0.0757 e. The molecule has 1 atom stereocenters. The van der Waals surface area contributed by atoms with Crippen LogP contribution in [0, 0.1) is 0 Å². The summed E-state index contributed by atoms with van der Waals surface area (Å²) < 4.78 is 5.73. The van der Waals surface area contributed by atoms with E-state index in [0.717, 1.165) is 19.6 Å². The Morgan fingerprint density at radius 1 is 1.58 bits per heavy atom. The van der Waals surface area contributed by atoms with Crippen LogP contribution in [0.3, 0.4) is 0 Å². The monoisotopic (exact) mass is 173 g/mol. The van der Waals surface area contributed by atoms with Crippen molar-refractivity contribution in [1.82, 2.24) is 4.90 Å². The minimum Gasteiger partial charge on any atom is -0.395 e. The van der Waals surface area contributed by atoms with Crippen molar-refractivity contribution in [2.24, 2.45) is 0 Å². The molecule has 12 heavy (non-hydrogen) atoms. The van der Waals surface area contributed by atoms with Crippen LogP contribution in [-0.2, 0) is 4.74 Å². The maximum absolute atomic E-state index is 8.79. The first-order chi connectivity index (χ1) is 5.53. The molecule has 1 fully saturated rings. The molecule has 3 heteroatoms. The van der Waals surface area contributed by atoms with Crippen LogP contribution in [0.15, 0.2) is 0 Å². The summed E-state index contributed by atoms with van der Waals surface area (Å²) in [6, 6.07) is 0. The van der Waals surface area contributed by atoms with Gasteiger partial charge in [0.1, 0.15) is 0 Å². The van der Waals surface area contributed by atoms with Gasteiger partial charge in [-0.15, -0.1) is 0 Å². The Morgan fingerprint density at radius 2 is 2.25 bits per heavy atom. The molecule has 0 bridgehead atoms. The summed E-state index contributed by atoms with van der Waals surface area (Å²) in [4.78, 5) is 2.24. The van der Waals surface area contributed by atoms with Gasteiger partial charge in [-0.05, 0) is 20.8 Å². The second-order valence-corrected chi connectivity index (χ2v) is 4.15. The zero-order chi connectivity index (χ0) is 9.19. The highest BCUT2D eigenvalue weighted by atomic mass is 16.5. The lowest BCUT2D eigenvalue weighted by Crippen LogP contribution is -2.52. The van der Waals surface area contributed by atoms with E-state index in [4.69, 9.17) is 9.84 Å². The number of aliphatic hydroxyl groups excluding tert-OH is 1. The van der Waals surface area contributed by atoms with Crippen LogP contribution in [0.5, 0.6) is 0 Å². The lowest BCUT2D eigenvalue weighted by atomic mass is 10.1. The zero-order valence-electron chi connectivity index (χ0n) is 8.21.